The Kier molecular flexibility index (Phi) is 19.5. The summed E-state index contributed by atoms with van der Waals surface area (Å²) in [7, 11) is -4.42. The van der Waals surface area contributed by atoms with E-state index < -0.39 is 13.3 Å². The van der Waals surface area contributed by atoms with Gasteiger partial charge in [0.15, 0.2) is 0 Å². The number of rotatable bonds is 23. The second-order valence-electron chi connectivity index (χ2n) is 9.33. The van der Waals surface area contributed by atoms with E-state index >= 15 is 0 Å². The molecule has 1 aromatic carbocycles. The third-order valence-corrected chi connectivity index (χ3v) is 8.57. The molecule has 0 saturated carbocycles. The van der Waals surface area contributed by atoms with Gasteiger partial charge in [0.1, 0.15) is 0 Å². The lowest BCUT2D eigenvalue weighted by atomic mass is 10.1. The Labute approximate surface area is 223 Å². The minimum absolute atomic E-state index is 0.0317. The van der Waals surface area contributed by atoms with E-state index in [0.29, 0.717) is 11.9 Å². The Bertz CT molecular complexity index is 717. The van der Waals surface area contributed by atoms with Crippen molar-refractivity contribution in [2.75, 3.05) is 25.6 Å². The van der Waals surface area contributed by atoms with Crippen LogP contribution >= 0.6 is 19.4 Å². The number of ether oxygens (including phenoxy) is 2. The molecule has 8 heteroatoms. The van der Waals surface area contributed by atoms with Crippen LogP contribution in [0.2, 0.25) is 0 Å². The third kappa shape index (κ3) is 16.8. The lowest BCUT2D eigenvalue weighted by Gasteiger charge is -2.19. The summed E-state index contributed by atoms with van der Waals surface area (Å²) in [4.78, 5) is 21.2. The first-order chi connectivity index (χ1) is 17.4. The van der Waals surface area contributed by atoms with E-state index in [1.54, 1.807) is 13.8 Å². The summed E-state index contributed by atoms with van der Waals surface area (Å²) in [6.07, 6.45) is 14.4. The van der Waals surface area contributed by atoms with Crippen molar-refractivity contribution in [2.45, 2.75) is 109 Å². The van der Waals surface area contributed by atoms with Crippen LogP contribution in [0.15, 0.2) is 30.3 Å². The Balaban J connectivity index is 2.27. The first-order valence-electron chi connectivity index (χ1n) is 13.8. The van der Waals surface area contributed by atoms with Crippen LogP contribution in [0.25, 0.3) is 0 Å². The molecule has 1 aromatic rings. The van der Waals surface area contributed by atoms with Gasteiger partial charge in [-0.2, -0.15) is 11.8 Å². The van der Waals surface area contributed by atoms with Crippen LogP contribution in [0.5, 0.6) is 0 Å². The van der Waals surface area contributed by atoms with Gasteiger partial charge in [-0.25, -0.2) is 9.36 Å². The van der Waals surface area contributed by atoms with Gasteiger partial charge < -0.3 is 14.4 Å². The fourth-order valence-electron chi connectivity index (χ4n) is 3.88. The quantitative estimate of drug-likeness (QED) is 0.109. The highest BCUT2D eigenvalue weighted by molar-refractivity contribution is 7.99. The van der Waals surface area contributed by atoms with Crippen molar-refractivity contribution in [1.29, 1.82) is 0 Å². The Morgan fingerprint density at radius 1 is 0.972 bits per heavy atom. The number of hydrogen-bond acceptors (Lipinski definition) is 6. The minimum atomic E-state index is -4.42. The van der Waals surface area contributed by atoms with E-state index in [1.165, 1.54) is 81.9 Å². The van der Waals surface area contributed by atoms with Crippen LogP contribution < -0.4 is 0 Å². The summed E-state index contributed by atoms with van der Waals surface area (Å²) >= 11 is 2.06. The highest BCUT2D eigenvalue weighted by Crippen LogP contribution is 2.44. The van der Waals surface area contributed by atoms with Gasteiger partial charge in [0.2, 0.25) is 0 Å². The lowest BCUT2D eigenvalue weighted by molar-refractivity contribution is 0.0275. The molecule has 0 radical (unpaired) electrons. The van der Waals surface area contributed by atoms with E-state index in [1.807, 2.05) is 0 Å². The van der Waals surface area contributed by atoms with Crippen molar-refractivity contribution in [3.05, 3.63) is 35.9 Å². The van der Waals surface area contributed by atoms with Crippen LogP contribution in [0, 0.1) is 0 Å². The van der Waals surface area contributed by atoms with Crippen molar-refractivity contribution in [3.63, 3.8) is 0 Å². The largest absolute Gasteiger partial charge is 0.457 e. The van der Waals surface area contributed by atoms with E-state index in [2.05, 4.69) is 53.8 Å². The normalized spacial score (nSPS) is 14.8. The van der Waals surface area contributed by atoms with Crippen molar-refractivity contribution in [2.24, 2.45) is 0 Å². The van der Waals surface area contributed by atoms with Gasteiger partial charge in [-0.15, -0.1) is 0 Å². The maximum Gasteiger partial charge on any atom is 0.435 e. The molecule has 0 fully saturated rings. The summed E-state index contributed by atoms with van der Waals surface area (Å²) in [6, 6.07) is 10.7. The first-order valence-corrected chi connectivity index (χ1v) is 16.4. The monoisotopic (exact) mass is 544 g/mol. The number of aryl methyl sites for hydroxylation is 1. The second-order valence-corrected chi connectivity index (χ2v) is 12.4. The third-order valence-electron chi connectivity index (χ3n) is 6.01. The van der Waals surface area contributed by atoms with Crippen LogP contribution in [0.4, 0.5) is 4.79 Å². The van der Waals surface area contributed by atoms with Crippen LogP contribution in [-0.2, 0) is 25.0 Å². The molecule has 0 amide bonds. The zero-order chi connectivity index (χ0) is 26.5. The van der Waals surface area contributed by atoms with Gasteiger partial charge in [0.25, 0.3) is 0 Å². The summed E-state index contributed by atoms with van der Waals surface area (Å²) in [5.74, 6) is 1.18. The summed E-state index contributed by atoms with van der Waals surface area (Å²) in [5.41, 5.74) is 0.217. The number of carbonyl (C=O) groups excluding carboxylic acids is 1. The van der Waals surface area contributed by atoms with Crippen molar-refractivity contribution in [3.8, 4) is 0 Å². The standard InChI is InChI=1S/C28H49O6PS/c1-4-6-7-8-15-20-27(36-23-16-10-9-12-17-26-18-13-11-14-19-26)21-22-33-25(3)24-34-35(30,31)28(29)32-5-2/h11,13-14,18-19,25,27H,4-10,12,15-17,20-24H2,1-3H3,(H,30,31). The molecule has 3 unspecified atom stereocenters. The molecule has 0 saturated heterocycles. The summed E-state index contributed by atoms with van der Waals surface area (Å²) < 4.78 is 27.2. The average molecular weight is 545 g/mol. The fraction of sp³-hybridized carbons (Fsp3) is 0.750. The predicted molar refractivity (Wildman–Crippen MR) is 151 cm³/mol. The molecule has 0 aliphatic rings. The molecule has 0 bridgehead atoms. The van der Waals surface area contributed by atoms with Crippen molar-refractivity contribution in [1.82, 2.24) is 0 Å². The van der Waals surface area contributed by atoms with E-state index in [4.69, 9.17) is 9.26 Å². The van der Waals surface area contributed by atoms with Gasteiger partial charge in [0.05, 0.1) is 19.3 Å². The molecule has 0 heterocycles. The second kappa shape index (κ2) is 21.1. The SMILES string of the molecule is CCCCCCCC(CCOC(C)COP(=O)(O)C(=O)OCC)SCCCCCCc1ccccc1. The van der Waals surface area contributed by atoms with Crippen molar-refractivity contribution < 1.29 is 28.3 Å². The number of unbranched alkanes of at least 4 members (excludes halogenated alkanes) is 7. The molecule has 36 heavy (non-hydrogen) atoms. The molecule has 0 spiro atoms. The maximum atomic E-state index is 11.9. The van der Waals surface area contributed by atoms with Gasteiger partial charge >= 0.3 is 13.3 Å². The molecule has 6 nitrogen and oxygen atoms in total. The Morgan fingerprint density at radius 2 is 1.67 bits per heavy atom. The van der Waals surface area contributed by atoms with Gasteiger partial charge in [0, 0.05) is 11.9 Å². The van der Waals surface area contributed by atoms with Crippen molar-refractivity contribution >= 4 is 25.1 Å². The molecule has 3 atom stereocenters. The highest BCUT2D eigenvalue weighted by Gasteiger charge is 2.33. The number of thioether (sulfide) groups is 1. The average Bonchev–Trinajstić information content (AvgIpc) is 2.87. The fourth-order valence-corrected chi connectivity index (χ4v) is 5.99. The van der Waals surface area contributed by atoms with E-state index in [-0.39, 0.29) is 19.3 Å². The Hall–Kier alpha value is -0.850. The zero-order valence-electron chi connectivity index (χ0n) is 22.7. The van der Waals surface area contributed by atoms with Crippen LogP contribution in [0.3, 0.4) is 0 Å². The van der Waals surface area contributed by atoms with Gasteiger partial charge in [-0.3, -0.25) is 4.52 Å². The van der Waals surface area contributed by atoms with E-state index in [0.717, 1.165) is 6.42 Å². The van der Waals surface area contributed by atoms with E-state index in [9.17, 15) is 14.3 Å². The number of carbonyl (C=O) groups is 1. The lowest BCUT2D eigenvalue weighted by Crippen LogP contribution is -2.19. The molecule has 0 aliphatic heterocycles. The minimum Gasteiger partial charge on any atom is -0.457 e. The molecule has 0 aromatic heterocycles. The predicted octanol–water partition coefficient (Wildman–Crippen LogP) is 8.41. The zero-order valence-corrected chi connectivity index (χ0v) is 24.4. The van der Waals surface area contributed by atoms with Crippen LogP contribution in [-0.4, -0.2) is 47.5 Å². The van der Waals surface area contributed by atoms with Crippen LogP contribution in [0.1, 0.15) is 97.0 Å². The van der Waals surface area contributed by atoms with Gasteiger partial charge in [-0.1, -0.05) is 82.2 Å². The molecule has 0 aliphatic carbocycles. The topological polar surface area (TPSA) is 82.1 Å². The smallest absolute Gasteiger partial charge is 0.435 e. The molecular weight excluding hydrogens is 495 g/mol. The number of hydrogen-bond donors (Lipinski definition) is 1. The molecule has 208 valence electrons. The molecular formula is C28H49O6PS. The maximum absolute atomic E-state index is 11.9. The number of benzene rings is 1. The summed E-state index contributed by atoms with van der Waals surface area (Å²) in [6.45, 7) is 6.09. The molecule has 1 rings (SSSR count). The summed E-state index contributed by atoms with van der Waals surface area (Å²) in [5, 5.41) is 0.563. The van der Waals surface area contributed by atoms with Gasteiger partial charge in [-0.05, 0) is 57.3 Å². The molecule has 1 N–H and O–H groups in total. The first kappa shape index (κ1) is 33.2. The highest BCUT2D eigenvalue weighted by atomic mass is 32.2. The Morgan fingerprint density at radius 3 is 2.39 bits per heavy atom.